The van der Waals surface area contributed by atoms with Gasteiger partial charge in [0, 0.05) is 16.6 Å². The van der Waals surface area contributed by atoms with Gasteiger partial charge in [0.1, 0.15) is 11.9 Å². The lowest BCUT2D eigenvalue weighted by atomic mass is 9.99. The summed E-state index contributed by atoms with van der Waals surface area (Å²) in [4.78, 5) is 28.4. The molecule has 6 nitrogen and oxygen atoms in total. The number of rotatable bonds is 5. The van der Waals surface area contributed by atoms with E-state index in [2.05, 4.69) is 14.9 Å². The van der Waals surface area contributed by atoms with Crippen LogP contribution in [-0.4, -0.2) is 26.9 Å². The lowest BCUT2D eigenvalue weighted by molar-refractivity contribution is -0.123. The molecular weight excluding hydrogens is 415 g/mol. The number of hydrogen-bond donors (Lipinski definition) is 1. The summed E-state index contributed by atoms with van der Waals surface area (Å²) in [5.74, 6) is -1.27. The van der Waals surface area contributed by atoms with E-state index >= 15 is 0 Å². The molecule has 0 aliphatic carbocycles. The maximum Gasteiger partial charge on any atom is 0.280 e. The van der Waals surface area contributed by atoms with Crippen LogP contribution in [0, 0.1) is 19.7 Å². The van der Waals surface area contributed by atoms with Crippen molar-refractivity contribution < 1.29 is 14.0 Å². The monoisotopic (exact) mass is 440 g/mol. The zero-order valence-electron chi connectivity index (χ0n) is 18.1. The number of aryl methyl sites for hydroxylation is 2. The summed E-state index contributed by atoms with van der Waals surface area (Å²) in [6.07, 6.45) is 0. The number of aromatic nitrogens is 2. The molecule has 1 atom stereocenters. The van der Waals surface area contributed by atoms with Crippen LogP contribution in [0.2, 0.25) is 0 Å². The van der Waals surface area contributed by atoms with Crippen molar-refractivity contribution in [2.75, 3.05) is 4.90 Å². The fourth-order valence-electron chi connectivity index (χ4n) is 3.14. The zero-order valence-corrected chi connectivity index (χ0v) is 19.0. The van der Waals surface area contributed by atoms with Crippen molar-refractivity contribution >= 4 is 29.0 Å². The highest BCUT2D eigenvalue weighted by molar-refractivity contribution is 7.03. The van der Waals surface area contributed by atoms with Crippen LogP contribution in [0.15, 0.2) is 47.8 Å². The van der Waals surface area contributed by atoms with Crippen molar-refractivity contribution in [3.05, 3.63) is 76.0 Å². The van der Waals surface area contributed by atoms with E-state index in [-0.39, 0.29) is 11.6 Å². The Hall–Kier alpha value is -3.13. The molecule has 1 N–H and O–H groups in total. The van der Waals surface area contributed by atoms with E-state index in [1.54, 1.807) is 11.4 Å². The molecule has 0 bridgehead atoms. The van der Waals surface area contributed by atoms with E-state index < -0.39 is 23.3 Å². The van der Waals surface area contributed by atoms with Crippen LogP contribution in [0.25, 0.3) is 0 Å². The van der Waals surface area contributed by atoms with Gasteiger partial charge in [-0.3, -0.25) is 14.5 Å². The SMILES string of the molecule is Cc1ccc(N(C(=O)c2csnn2)C(C(=O)NC(C)(C)C)c2ccc(F)cc2)cc1C. The Morgan fingerprint density at radius 2 is 1.74 bits per heavy atom. The normalized spacial score (nSPS) is 12.3. The molecule has 3 rings (SSSR count). The van der Waals surface area contributed by atoms with Gasteiger partial charge in [-0.15, -0.1) is 5.10 Å². The Kier molecular flexibility index (Phi) is 6.50. The molecule has 0 radical (unpaired) electrons. The second-order valence-electron chi connectivity index (χ2n) is 8.43. The van der Waals surface area contributed by atoms with Crippen LogP contribution in [0.5, 0.6) is 0 Å². The molecule has 0 spiro atoms. The van der Waals surface area contributed by atoms with Gasteiger partial charge in [-0.2, -0.15) is 0 Å². The minimum Gasteiger partial charge on any atom is -0.349 e. The first-order valence-corrected chi connectivity index (χ1v) is 10.7. The van der Waals surface area contributed by atoms with Crippen LogP contribution in [0.3, 0.4) is 0 Å². The average Bonchev–Trinajstić information content (AvgIpc) is 3.22. The van der Waals surface area contributed by atoms with E-state index in [4.69, 9.17) is 0 Å². The number of halogens is 1. The number of amides is 2. The van der Waals surface area contributed by atoms with E-state index in [9.17, 15) is 14.0 Å². The van der Waals surface area contributed by atoms with E-state index in [0.29, 0.717) is 11.3 Å². The largest absolute Gasteiger partial charge is 0.349 e. The van der Waals surface area contributed by atoms with Crippen LogP contribution in [0.4, 0.5) is 10.1 Å². The summed E-state index contributed by atoms with van der Waals surface area (Å²) in [7, 11) is 0. The fraction of sp³-hybridized carbons (Fsp3) is 0.304. The lowest BCUT2D eigenvalue weighted by Gasteiger charge is -2.33. The zero-order chi connectivity index (χ0) is 22.8. The van der Waals surface area contributed by atoms with Gasteiger partial charge in [0.25, 0.3) is 5.91 Å². The Morgan fingerprint density at radius 3 is 2.29 bits per heavy atom. The summed E-state index contributed by atoms with van der Waals surface area (Å²) >= 11 is 1.06. The highest BCUT2D eigenvalue weighted by atomic mass is 32.1. The van der Waals surface area contributed by atoms with Gasteiger partial charge in [-0.05, 0) is 87.1 Å². The summed E-state index contributed by atoms with van der Waals surface area (Å²) in [6.45, 7) is 9.49. The summed E-state index contributed by atoms with van der Waals surface area (Å²) in [6, 6.07) is 10.1. The summed E-state index contributed by atoms with van der Waals surface area (Å²) in [5.41, 5.74) is 2.66. The predicted octanol–water partition coefficient (Wildman–Crippen LogP) is 4.60. The van der Waals surface area contributed by atoms with Gasteiger partial charge >= 0.3 is 0 Å². The topological polar surface area (TPSA) is 75.2 Å². The van der Waals surface area contributed by atoms with Crippen molar-refractivity contribution in [1.29, 1.82) is 0 Å². The summed E-state index contributed by atoms with van der Waals surface area (Å²) < 4.78 is 17.4. The van der Waals surface area contributed by atoms with Crippen molar-refractivity contribution in [3.63, 3.8) is 0 Å². The Labute approximate surface area is 185 Å². The number of nitrogens with zero attached hydrogens (tertiary/aromatic N) is 3. The second-order valence-corrected chi connectivity index (χ2v) is 9.04. The van der Waals surface area contributed by atoms with Gasteiger partial charge in [0.05, 0.1) is 0 Å². The lowest BCUT2D eigenvalue weighted by Crippen LogP contribution is -2.49. The van der Waals surface area contributed by atoms with Crippen molar-refractivity contribution in [2.45, 2.75) is 46.2 Å². The number of hydrogen-bond acceptors (Lipinski definition) is 5. The first-order chi connectivity index (χ1) is 14.6. The molecule has 1 unspecified atom stereocenters. The first kappa shape index (κ1) is 22.6. The standard InChI is InChI=1S/C23H25FN4O2S/c1-14-6-11-18(12-15(14)2)28(22(30)19-13-31-27-26-19)20(21(29)25-23(3,4)5)16-7-9-17(24)10-8-16/h6-13,20H,1-5H3,(H,25,29). The summed E-state index contributed by atoms with van der Waals surface area (Å²) in [5, 5.41) is 8.40. The molecule has 0 fully saturated rings. The quantitative estimate of drug-likeness (QED) is 0.629. The Balaban J connectivity index is 2.20. The number of benzene rings is 2. The second kappa shape index (κ2) is 8.93. The fourth-order valence-corrected chi connectivity index (χ4v) is 3.57. The highest BCUT2D eigenvalue weighted by Crippen LogP contribution is 2.31. The molecule has 1 aromatic heterocycles. The Morgan fingerprint density at radius 1 is 1.06 bits per heavy atom. The van der Waals surface area contributed by atoms with Gasteiger partial charge in [-0.1, -0.05) is 22.7 Å². The average molecular weight is 441 g/mol. The van der Waals surface area contributed by atoms with Gasteiger partial charge in [0.15, 0.2) is 5.69 Å². The highest BCUT2D eigenvalue weighted by Gasteiger charge is 2.36. The third-order valence-corrected chi connectivity index (χ3v) is 5.26. The number of anilines is 1. The van der Waals surface area contributed by atoms with Gasteiger partial charge in [0.2, 0.25) is 5.91 Å². The molecule has 31 heavy (non-hydrogen) atoms. The maximum absolute atomic E-state index is 13.6. The molecule has 2 amide bonds. The van der Waals surface area contributed by atoms with E-state index in [0.717, 1.165) is 22.7 Å². The molecule has 0 saturated carbocycles. The molecule has 162 valence electrons. The number of nitrogens with one attached hydrogen (secondary N) is 1. The van der Waals surface area contributed by atoms with Crippen LogP contribution in [0.1, 0.15) is 54.0 Å². The van der Waals surface area contributed by atoms with E-state index in [1.165, 1.54) is 29.2 Å². The third-order valence-electron chi connectivity index (χ3n) is 4.76. The Bertz CT molecular complexity index is 1080. The van der Waals surface area contributed by atoms with Crippen molar-refractivity contribution in [2.24, 2.45) is 0 Å². The molecule has 0 saturated heterocycles. The molecule has 2 aromatic carbocycles. The molecule has 3 aromatic rings. The van der Waals surface area contributed by atoms with Gasteiger partial charge in [-0.25, -0.2) is 4.39 Å². The van der Waals surface area contributed by atoms with Crippen LogP contribution < -0.4 is 10.2 Å². The minimum absolute atomic E-state index is 0.138. The molecule has 0 aliphatic heterocycles. The first-order valence-electron chi connectivity index (χ1n) is 9.82. The predicted molar refractivity (Wildman–Crippen MR) is 120 cm³/mol. The molecule has 0 aliphatic rings. The maximum atomic E-state index is 13.6. The minimum atomic E-state index is -1.03. The number of carbonyl (C=O) groups is 2. The van der Waals surface area contributed by atoms with Crippen LogP contribution >= 0.6 is 11.5 Å². The van der Waals surface area contributed by atoms with Crippen molar-refractivity contribution in [1.82, 2.24) is 14.9 Å². The van der Waals surface area contributed by atoms with E-state index in [1.807, 2.05) is 46.8 Å². The van der Waals surface area contributed by atoms with Gasteiger partial charge < -0.3 is 5.32 Å². The van der Waals surface area contributed by atoms with Crippen LogP contribution in [-0.2, 0) is 4.79 Å². The number of carbonyl (C=O) groups excluding carboxylic acids is 2. The molecule has 1 heterocycles. The molecular formula is C23H25FN4O2S. The molecule has 8 heteroatoms. The smallest absolute Gasteiger partial charge is 0.280 e. The third kappa shape index (κ3) is 5.32. The van der Waals surface area contributed by atoms with Crippen molar-refractivity contribution in [3.8, 4) is 0 Å².